The van der Waals surface area contributed by atoms with Crippen molar-refractivity contribution >= 4 is 22.7 Å². The van der Waals surface area contributed by atoms with Gasteiger partial charge in [-0.1, -0.05) is 24.3 Å². The molecular formula is C35H44N6O5. The predicted octanol–water partition coefficient (Wildman–Crippen LogP) is 4.16. The van der Waals surface area contributed by atoms with Crippen LogP contribution in [0.4, 0.5) is 10.6 Å². The minimum absolute atomic E-state index is 0.102. The summed E-state index contributed by atoms with van der Waals surface area (Å²) in [6.07, 6.45) is 6.51. The maximum absolute atomic E-state index is 12.1. The number of nitrogens with one attached hydrogen (secondary N) is 1. The highest BCUT2D eigenvalue weighted by atomic mass is 16.6. The molecule has 3 aromatic rings. The zero-order valence-corrected chi connectivity index (χ0v) is 26.8. The summed E-state index contributed by atoms with van der Waals surface area (Å²) < 4.78 is 18.7. The van der Waals surface area contributed by atoms with Gasteiger partial charge in [0.2, 0.25) is 0 Å². The molecule has 0 aliphatic carbocycles. The van der Waals surface area contributed by atoms with Crippen LogP contribution in [0.2, 0.25) is 0 Å². The van der Waals surface area contributed by atoms with Crippen molar-refractivity contribution in [1.82, 2.24) is 25.1 Å². The molecule has 8 rings (SSSR count). The second kappa shape index (κ2) is 11.8. The second-order valence-corrected chi connectivity index (χ2v) is 14.0. The minimum atomic E-state index is -0.301. The number of amides is 1. The number of rotatable bonds is 7. The second-order valence-electron chi connectivity index (χ2n) is 14.0. The van der Waals surface area contributed by atoms with Gasteiger partial charge >= 0.3 is 12.1 Å². The monoisotopic (exact) mass is 628 g/mol. The first-order chi connectivity index (χ1) is 22.3. The molecule has 6 heterocycles. The van der Waals surface area contributed by atoms with Gasteiger partial charge < -0.3 is 34.4 Å². The predicted molar refractivity (Wildman–Crippen MR) is 173 cm³/mol. The van der Waals surface area contributed by atoms with E-state index in [-0.39, 0.29) is 29.5 Å². The van der Waals surface area contributed by atoms with Crippen LogP contribution in [0, 0.1) is 0 Å². The van der Waals surface area contributed by atoms with Crippen molar-refractivity contribution in [2.24, 2.45) is 0 Å². The highest BCUT2D eigenvalue weighted by Crippen LogP contribution is 2.44. The van der Waals surface area contributed by atoms with Gasteiger partial charge in [0.1, 0.15) is 24.8 Å². The van der Waals surface area contributed by atoms with Crippen molar-refractivity contribution in [3.8, 4) is 11.8 Å². The third-order valence-electron chi connectivity index (χ3n) is 10.9. The van der Waals surface area contributed by atoms with Crippen molar-refractivity contribution in [2.45, 2.75) is 81.3 Å². The molecule has 0 saturated carbocycles. The number of aromatic nitrogens is 2. The Morgan fingerprint density at radius 3 is 2.78 bits per heavy atom. The first-order valence-corrected chi connectivity index (χ1v) is 16.8. The van der Waals surface area contributed by atoms with E-state index in [1.54, 1.807) is 20.2 Å². The number of ether oxygens (including phenoxy) is 3. The fraction of sp³-hybridized carbons (Fsp3) is 0.571. The summed E-state index contributed by atoms with van der Waals surface area (Å²) in [7, 11) is 3.42. The van der Waals surface area contributed by atoms with Gasteiger partial charge in [-0.2, -0.15) is 9.97 Å². The summed E-state index contributed by atoms with van der Waals surface area (Å²) in [6, 6.07) is 13.3. The average Bonchev–Trinajstić information content (AvgIpc) is 3.74. The van der Waals surface area contributed by atoms with Gasteiger partial charge in [-0.3, -0.25) is 4.90 Å². The van der Waals surface area contributed by atoms with Crippen LogP contribution in [0.3, 0.4) is 0 Å². The standard InChI is InChI=1S/C35H44N6O5/c1-39(2)34(43)45-19-25-10-12-35(11-5-13-41(25)35)21-46-33-37-30-16-31(28-15-26(42)14-22-6-3-4-7-27(22)28)44-20-29(30)32(38-33)40-17-23-8-9-24(18-40)36-23/h3-4,6-7,14-15,23-25,31,36,42H,5,8-13,16-21H2,1-2H3/t23?,24?,25-,31-,35-/m1/s1. The molecule has 2 bridgehead atoms. The Balaban J connectivity index is 1.07. The average molecular weight is 629 g/mol. The lowest BCUT2D eigenvalue weighted by atomic mass is 9.94. The first kappa shape index (κ1) is 29.7. The van der Waals surface area contributed by atoms with E-state index in [1.807, 2.05) is 24.3 Å². The van der Waals surface area contributed by atoms with Gasteiger partial charge in [-0.25, -0.2) is 4.79 Å². The van der Waals surface area contributed by atoms with Crippen molar-refractivity contribution in [1.29, 1.82) is 0 Å². The van der Waals surface area contributed by atoms with E-state index in [0.29, 0.717) is 44.3 Å². The number of hydrogen-bond donors (Lipinski definition) is 2. The summed E-state index contributed by atoms with van der Waals surface area (Å²) in [5.74, 6) is 1.16. The molecule has 1 amide bonds. The summed E-state index contributed by atoms with van der Waals surface area (Å²) >= 11 is 0. The minimum Gasteiger partial charge on any atom is -0.508 e. The summed E-state index contributed by atoms with van der Waals surface area (Å²) in [4.78, 5) is 28.6. The molecule has 11 heteroatoms. The van der Waals surface area contributed by atoms with Crippen LogP contribution in [-0.4, -0.2) is 102 Å². The third kappa shape index (κ3) is 5.42. The van der Waals surface area contributed by atoms with Crippen LogP contribution in [0.5, 0.6) is 11.8 Å². The largest absolute Gasteiger partial charge is 0.508 e. The van der Waals surface area contributed by atoms with E-state index < -0.39 is 0 Å². The smallest absolute Gasteiger partial charge is 0.409 e. The lowest BCUT2D eigenvalue weighted by Crippen LogP contribution is -2.52. The van der Waals surface area contributed by atoms with Gasteiger partial charge in [0.15, 0.2) is 0 Å². The number of fused-ring (bicyclic) bond motifs is 5. The molecule has 1 aromatic heterocycles. The Morgan fingerprint density at radius 2 is 1.96 bits per heavy atom. The number of phenols is 1. The Morgan fingerprint density at radius 1 is 1.13 bits per heavy atom. The van der Waals surface area contributed by atoms with Gasteiger partial charge in [0.05, 0.1) is 23.9 Å². The first-order valence-electron chi connectivity index (χ1n) is 16.8. The normalized spacial score (nSPS) is 28.7. The highest BCUT2D eigenvalue weighted by molar-refractivity contribution is 5.87. The van der Waals surface area contributed by atoms with Crippen LogP contribution in [0.1, 0.15) is 61.4 Å². The van der Waals surface area contributed by atoms with Crippen molar-refractivity contribution in [3.63, 3.8) is 0 Å². The Kier molecular flexibility index (Phi) is 7.65. The van der Waals surface area contributed by atoms with Gasteiger partial charge in [0.25, 0.3) is 0 Å². The van der Waals surface area contributed by atoms with Crippen LogP contribution in [0.15, 0.2) is 36.4 Å². The van der Waals surface area contributed by atoms with Crippen molar-refractivity contribution in [3.05, 3.63) is 53.2 Å². The van der Waals surface area contributed by atoms with Crippen LogP contribution >= 0.6 is 0 Å². The Bertz CT molecular complexity index is 1620. The molecule has 0 radical (unpaired) electrons. The summed E-state index contributed by atoms with van der Waals surface area (Å²) in [5, 5.41) is 16.4. The number of nitrogens with zero attached hydrogens (tertiary/aromatic N) is 5. The molecule has 4 fully saturated rings. The van der Waals surface area contributed by atoms with E-state index in [4.69, 9.17) is 24.2 Å². The molecule has 11 nitrogen and oxygen atoms in total. The molecule has 244 valence electrons. The zero-order chi connectivity index (χ0) is 31.4. The molecule has 4 saturated heterocycles. The molecule has 46 heavy (non-hydrogen) atoms. The maximum Gasteiger partial charge on any atom is 0.409 e. The lowest BCUT2D eigenvalue weighted by Gasteiger charge is -2.37. The number of aromatic hydroxyl groups is 1. The molecule has 5 aliphatic rings. The highest BCUT2D eigenvalue weighted by Gasteiger charge is 2.50. The van der Waals surface area contributed by atoms with Crippen LogP contribution < -0.4 is 15.0 Å². The molecule has 5 aliphatic heterocycles. The summed E-state index contributed by atoms with van der Waals surface area (Å²) in [5.41, 5.74) is 2.86. The number of carbonyl (C=O) groups excluding carboxylic acids is 1. The molecule has 2 unspecified atom stereocenters. The Labute approximate surface area is 269 Å². The van der Waals surface area contributed by atoms with Gasteiger partial charge in [-0.15, -0.1) is 0 Å². The number of carbonyl (C=O) groups is 1. The maximum atomic E-state index is 12.1. The van der Waals surface area contributed by atoms with E-state index >= 15 is 0 Å². The fourth-order valence-electron chi connectivity index (χ4n) is 8.60. The van der Waals surface area contributed by atoms with Crippen molar-refractivity contribution in [2.75, 3.05) is 51.8 Å². The molecule has 0 spiro atoms. The fourth-order valence-corrected chi connectivity index (χ4v) is 8.60. The van der Waals surface area contributed by atoms with Crippen LogP contribution in [0.25, 0.3) is 10.8 Å². The Hall–Kier alpha value is -3.67. The van der Waals surface area contributed by atoms with E-state index in [2.05, 4.69) is 21.2 Å². The third-order valence-corrected chi connectivity index (χ3v) is 10.9. The quantitative estimate of drug-likeness (QED) is 0.396. The molecule has 2 aromatic carbocycles. The van der Waals surface area contributed by atoms with Crippen LogP contribution in [-0.2, 0) is 22.5 Å². The number of benzene rings is 2. The van der Waals surface area contributed by atoms with Crippen molar-refractivity contribution < 1.29 is 24.1 Å². The van der Waals surface area contributed by atoms with E-state index in [9.17, 15) is 9.90 Å². The van der Waals surface area contributed by atoms with E-state index in [0.717, 1.165) is 78.7 Å². The van der Waals surface area contributed by atoms with E-state index in [1.165, 1.54) is 17.7 Å². The number of hydrogen-bond acceptors (Lipinski definition) is 10. The van der Waals surface area contributed by atoms with Gasteiger partial charge in [-0.05, 0) is 73.5 Å². The number of phenolic OH excluding ortho intramolecular Hbond substituents is 1. The topological polar surface area (TPSA) is 113 Å². The number of piperazine rings is 1. The SMILES string of the molecule is CN(C)C(=O)OC[C@H]1CC[C@@]2(COc3nc4c(c(N5CC6CCC(C5)N6)n3)CO[C@@H](c3cc(O)cc5ccccc35)C4)CCCN12. The molecule has 5 atom stereocenters. The van der Waals surface area contributed by atoms with Gasteiger partial charge in [0, 0.05) is 57.3 Å². The number of anilines is 1. The summed E-state index contributed by atoms with van der Waals surface area (Å²) in [6.45, 7) is 4.10. The molecular weight excluding hydrogens is 584 g/mol. The lowest BCUT2D eigenvalue weighted by molar-refractivity contribution is 0.0258. The zero-order valence-electron chi connectivity index (χ0n) is 26.8. The molecule has 2 N–H and O–H groups in total.